The molecule has 0 aromatic heterocycles. The summed E-state index contributed by atoms with van der Waals surface area (Å²) >= 11 is 9.74. The highest BCUT2D eigenvalue weighted by molar-refractivity contribution is 6.66. The third-order valence-electron chi connectivity index (χ3n) is 9.37. The van der Waals surface area contributed by atoms with Crippen LogP contribution in [0.3, 0.4) is 0 Å². The number of carbonyl (C=O) groups excluding carboxylic acids is 6. The molecule has 21 heteroatoms. The van der Waals surface area contributed by atoms with Crippen LogP contribution in [0.2, 0.25) is 0 Å². The molecule has 19 nitrogen and oxygen atoms in total. The number of amides is 2. The molecule has 8 N–H and O–H groups in total. The molecule has 0 fully saturated rings. The van der Waals surface area contributed by atoms with Crippen molar-refractivity contribution >= 4 is 74.1 Å². The zero-order valence-electron chi connectivity index (χ0n) is 36.0. The zero-order valence-corrected chi connectivity index (χ0v) is 37.5. The minimum Gasteiger partial charge on any atom is -0.504 e. The molecule has 0 aliphatic carbocycles. The van der Waals surface area contributed by atoms with Crippen LogP contribution in [0.1, 0.15) is 49.7 Å². The number of halogens is 2. The van der Waals surface area contributed by atoms with Crippen molar-refractivity contribution in [2.75, 3.05) is 36.7 Å². The molecule has 3 aliphatic rings. The Labute approximate surface area is 398 Å². The molecule has 0 bridgehead atoms. The molecule has 68 heavy (non-hydrogen) atoms. The molecule has 5 aromatic carbocycles. The van der Waals surface area contributed by atoms with Crippen LogP contribution in [0.5, 0.6) is 57.5 Å². The van der Waals surface area contributed by atoms with Gasteiger partial charge in [-0.25, -0.2) is 0 Å². The number of hydrogen-bond donors (Lipinski definition) is 7. The average Bonchev–Trinajstić information content (AvgIpc) is 4.09. The Hall–Kier alpha value is -7.90. The molecule has 358 valence electrons. The minimum atomic E-state index is -0.529. The number of Topliss-reactive ketones (excluding diaryl/α,β-unsaturated/α-hetero) is 2. The van der Waals surface area contributed by atoms with Gasteiger partial charge in [0.15, 0.2) is 57.5 Å². The molecule has 8 rings (SSSR count). The SMILES string of the molecule is Nc1ccc2c(c1)OCO2.O=C(CCC(=O)Nc1ccc(O)c(O)c1)Cc1ccc(O)c(O)c1.O=C(CCC(=O)Nc1ccc2c(c1)OCO2)Cc1ccc2c(c1)OCO2.O=C(Cl)CCC(=O)Cl. The highest BCUT2D eigenvalue weighted by Gasteiger charge is 2.18. The maximum absolute atomic E-state index is 12.1. The first-order valence-electron chi connectivity index (χ1n) is 20.5. The molecule has 3 aliphatic heterocycles. The van der Waals surface area contributed by atoms with Gasteiger partial charge in [0.2, 0.25) is 42.7 Å². The second kappa shape index (κ2) is 25.1. The molecule has 0 saturated carbocycles. The summed E-state index contributed by atoms with van der Waals surface area (Å²) in [5, 5.41) is 41.3. The van der Waals surface area contributed by atoms with Crippen LogP contribution in [0.4, 0.5) is 17.1 Å². The van der Waals surface area contributed by atoms with Crippen LogP contribution in [-0.2, 0) is 41.6 Å². The molecule has 0 saturated heterocycles. The summed E-state index contributed by atoms with van der Waals surface area (Å²) in [6, 6.07) is 23.9. The first-order valence-corrected chi connectivity index (χ1v) is 21.2. The average molecular weight is 979 g/mol. The molecule has 0 unspecified atom stereocenters. The van der Waals surface area contributed by atoms with E-state index in [0.29, 0.717) is 52.4 Å². The van der Waals surface area contributed by atoms with Crippen LogP contribution in [0, 0.1) is 0 Å². The lowest BCUT2D eigenvalue weighted by molar-refractivity contribution is -0.122. The van der Waals surface area contributed by atoms with E-state index in [4.69, 9.17) is 57.4 Å². The van der Waals surface area contributed by atoms with Gasteiger partial charge in [-0.05, 0) is 95.0 Å². The van der Waals surface area contributed by atoms with Crippen LogP contribution in [-0.4, -0.2) is 74.7 Å². The lowest BCUT2D eigenvalue weighted by atomic mass is 10.0. The van der Waals surface area contributed by atoms with E-state index in [1.165, 1.54) is 36.4 Å². The highest BCUT2D eigenvalue weighted by Crippen LogP contribution is 2.36. The topological polar surface area (TPSA) is 289 Å². The summed E-state index contributed by atoms with van der Waals surface area (Å²) < 4.78 is 31.2. The summed E-state index contributed by atoms with van der Waals surface area (Å²) in [6.07, 6.45) is 0.633. The standard InChI is InChI=1S/C19H17NO6.C17H17NO6.C7H7NO2.C4H4Cl2O2/c21-14(7-12-1-4-15-17(8-12)25-10-23-15)3-6-19(22)20-13-2-5-16-18(9-13)26-11-24-16;19-12(7-10-1-4-13(20)15(22)8-10)3-6-17(24)18-11-2-5-14(21)16(23)9-11;8-5-1-2-6-7(3-5)10-4-9-6;5-3(7)1-2-4(6)8/h1-2,4-5,8-9H,3,6-7,10-11H2,(H,20,22);1-2,4-5,8-9,20-23H,3,6-7H2,(H,18,24);1-3H,4,8H2;1-2H2. The fourth-order valence-electron chi connectivity index (χ4n) is 6.00. The fourth-order valence-corrected chi connectivity index (χ4v) is 6.19. The highest BCUT2D eigenvalue weighted by atomic mass is 35.5. The van der Waals surface area contributed by atoms with Crippen LogP contribution < -0.4 is 44.8 Å². The van der Waals surface area contributed by atoms with Crippen molar-refractivity contribution < 1.29 is 77.6 Å². The van der Waals surface area contributed by atoms with Gasteiger partial charge in [-0.3, -0.25) is 28.8 Å². The number of anilines is 3. The Bertz CT molecular complexity index is 2490. The van der Waals surface area contributed by atoms with E-state index in [9.17, 15) is 49.2 Å². The van der Waals surface area contributed by atoms with Gasteiger partial charge in [0, 0.05) is 86.6 Å². The summed E-state index contributed by atoms with van der Waals surface area (Å²) in [7, 11) is 0. The minimum absolute atomic E-state index is 0.00954. The van der Waals surface area contributed by atoms with Crippen molar-refractivity contribution in [3.8, 4) is 57.5 Å². The Kier molecular flexibility index (Phi) is 18.9. The van der Waals surface area contributed by atoms with E-state index in [2.05, 4.69) is 10.6 Å². The zero-order chi connectivity index (χ0) is 49.2. The Balaban J connectivity index is 0.000000188. The van der Waals surface area contributed by atoms with E-state index in [-0.39, 0.29) is 105 Å². The van der Waals surface area contributed by atoms with Crippen molar-refractivity contribution in [2.24, 2.45) is 0 Å². The molecular weight excluding hydrogens is 933 g/mol. The van der Waals surface area contributed by atoms with Crippen molar-refractivity contribution in [2.45, 2.75) is 51.4 Å². The van der Waals surface area contributed by atoms with Crippen LogP contribution in [0.15, 0.2) is 91.0 Å². The molecule has 2 amide bonds. The van der Waals surface area contributed by atoms with E-state index < -0.39 is 16.4 Å². The monoisotopic (exact) mass is 977 g/mol. The molecular formula is C47H45Cl2N3O16. The number of nitrogens with two attached hydrogens (primary N) is 1. The first-order chi connectivity index (χ1) is 32.5. The van der Waals surface area contributed by atoms with Gasteiger partial charge in [0.25, 0.3) is 0 Å². The predicted octanol–water partition coefficient (Wildman–Crippen LogP) is 7.01. The Morgan fingerprint density at radius 1 is 0.441 bits per heavy atom. The Morgan fingerprint density at radius 2 is 0.838 bits per heavy atom. The molecule has 0 atom stereocenters. The van der Waals surface area contributed by atoms with Crippen LogP contribution in [0.25, 0.3) is 0 Å². The van der Waals surface area contributed by atoms with Crippen molar-refractivity contribution in [1.29, 1.82) is 0 Å². The number of fused-ring (bicyclic) bond motifs is 3. The van der Waals surface area contributed by atoms with Gasteiger partial charge >= 0.3 is 0 Å². The summed E-state index contributed by atoms with van der Waals surface area (Å²) in [5.74, 6) is 2.07. The second-order valence-corrected chi connectivity index (χ2v) is 15.5. The Morgan fingerprint density at radius 3 is 1.35 bits per heavy atom. The number of ketones is 2. The van der Waals surface area contributed by atoms with Gasteiger partial charge < -0.3 is 65.2 Å². The van der Waals surface area contributed by atoms with Gasteiger partial charge in [0.05, 0.1) is 0 Å². The van der Waals surface area contributed by atoms with Gasteiger partial charge in [0.1, 0.15) is 11.6 Å². The summed E-state index contributed by atoms with van der Waals surface area (Å²) in [5.41, 5.74) is 8.50. The molecule has 0 radical (unpaired) electrons. The predicted molar refractivity (Wildman–Crippen MR) is 246 cm³/mol. The smallest absolute Gasteiger partial charge is 0.231 e. The van der Waals surface area contributed by atoms with E-state index in [1.807, 2.05) is 6.07 Å². The molecule has 3 heterocycles. The van der Waals surface area contributed by atoms with Gasteiger partial charge in [-0.2, -0.15) is 0 Å². The van der Waals surface area contributed by atoms with E-state index >= 15 is 0 Å². The normalized spacial score (nSPS) is 11.9. The number of carbonyl (C=O) groups is 6. The maximum Gasteiger partial charge on any atom is 0.231 e. The first kappa shape index (κ1) is 51.1. The van der Waals surface area contributed by atoms with E-state index in [0.717, 1.165) is 17.1 Å². The number of benzene rings is 5. The van der Waals surface area contributed by atoms with Crippen molar-refractivity contribution in [3.63, 3.8) is 0 Å². The summed E-state index contributed by atoms with van der Waals surface area (Å²) in [6.45, 7) is 0.687. The quantitative estimate of drug-likeness (QED) is 0.0240. The lowest BCUT2D eigenvalue weighted by Gasteiger charge is -2.07. The maximum atomic E-state index is 12.1. The fraction of sp³-hybridized carbons (Fsp3) is 0.234. The van der Waals surface area contributed by atoms with E-state index in [1.54, 1.807) is 48.5 Å². The largest absolute Gasteiger partial charge is 0.504 e. The third-order valence-corrected chi connectivity index (χ3v) is 9.75. The number of rotatable bonds is 15. The number of aromatic hydroxyl groups is 4. The number of ether oxygens (including phenoxy) is 6. The molecule has 0 spiro atoms. The number of hydrogen-bond acceptors (Lipinski definition) is 17. The number of phenolic OH excluding ortho intramolecular Hbond substituents is 4. The number of phenols is 4. The van der Waals surface area contributed by atoms with Crippen LogP contribution >= 0.6 is 23.2 Å². The number of nitrogen functional groups attached to an aromatic ring is 1. The van der Waals surface area contributed by atoms with Crippen molar-refractivity contribution in [3.05, 3.63) is 102 Å². The number of nitrogens with one attached hydrogen (secondary N) is 2. The van der Waals surface area contributed by atoms with Crippen molar-refractivity contribution in [1.82, 2.24) is 0 Å². The third kappa shape index (κ3) is 16.8. The molecule has 5 aromatic rings. The summed E-state index contributed by atoms with van der Waals surface area (Å²) in [4.78, 5) is 67.6. The second-order valence-electron chi connectivity index (χ2n) is 14.6. The van der Waals surface area contributed by atoms with Gasteiger partial charge in [-0.15, -0.1) is 0 Å². The lowest BCUT2D eigenvalue weighted by Crippen LogP contribution is -2.14. The van der Waals surface area contributed by atoms with Gasteiger partial charge in [-0.1, -0.05) is 12.1 Å².